The molecule has 0 atom stereocenters. The molecule has 2 aromatic rings. The average molecular weight is 226 g/mol. The number of aryl methyl sites for hydroxylation is 2. The summed E-state index contributed by atoms with van der Waals surface area (Å²) < 4.78 is 1.43. The van der Waals surface area contributed by atoms with Crippen LogP contribution in [0, 0.1) is 13.8 Å². The number of rotatable bonds is 1. The van der Waals surface area contributed by atoms with E-state index in [-0.39, 0.29) is 11.0 Å². The average Bonchev–Trinajstić information content (AvgIpc) is 2.61. The predicted octanol–water partition coefficient (Wildman–Crippen LogP) is 1.12. The molecule has 0 bridgehead atoms. The van der Waals surface area contributed by atoms with Crippen LogP contribution in [0.1, 0.15) is 17.1 Å². The lowest BCUT2D eigenvalue weighted by atomic mass is 10.2. The number of hydrogen-bond donors (Lipinski definition) is 1. The van der Waals surface area contributed by atoms with Gasteiger partial charge in [-0.1, -0.05) is 16.8 Å². The van der Waals surface area contributed by atoms with Crippen molar-refractivity contribution in [3.8, 4) is 0 Å². The van der Waals surface area contributed by atoms with Crippen LogP contribution in [-0.2, 0) is 0 Å². The van der Waals surface area contributed by atoms with Crippen LogP contribution in [0.2, 0.25) is 0 Å². The fourth-order valence-electron chi connectivity index (χ4n) is 1.18. The Morgan fingerprint density at radius 1 is 1.47 bits per heavy atom. The van der Waals surface area contributed by atoms with Gasteiger partial charge in [-0.2, -0.15) is 9.61 Å². The van der Waals surface area contributed by atoms with Crippen LogP contribution in [0.15, 0.2) is 11.2 Å². The summed E-state index contributed by atoms with van der Waals surface area (Å²) in [5.74, 6) is 0.220. The maximum Gasteiger partial charge on any atom is 0.218 e. The van der Waals surface area contributed by atoms with Crippen molar-refractivity contribution in [2.45, 2.75) is 13.8 Å². The zero-order chi connectivity index (χ0) is 11.0. The van der Waals surface area contributed by atoms with Crippen LogP contribution in [0.3, 0.4) is 0 Å². The molecule has 78 valence electrons. The van der Waals surface area contributed by atoms with Crippen molar-refractivity contribution in [2.24, 2.45) is 5.16 Å². The van der Waals surface area contributed by atoms with E-state index in [0.717, 1.165) is 11.3 Å². The second-order valence-electron chi connectivity index (χ2n) is 3.10. The Bertz CT molecular complexity index is 547. The van der Waals surface area contributed by atoms with Crippen molar-refractivity contribution in [3.63, 3.8) is 0 Å². The van der Waals surface area contributed by atoms with E-state index in [2.05, 4.69) is 20.5 Å². The number of oxime groups is 1. The molecular weight excluding hydrogens is 218 g/mol. The zero-order valence-corrected chi connectivity index (χ0v) is 8.89. The van der Waals surface area contributed by atoms with Gasteiger partial charge in [0.25, 0.3) is 0 Å². The van der Waals surface area contributed by atoms with E-state index in [1.54, 1.807) is 0 Å². The molecule has 0 aromatic carbocycles. The highest BCUT2D eigenvalue weighted by Gasteiger charge is 2.12. The van der Waals surface area contributed by atoms with Gasteiger partial charge in [-0.25, -0.2) is 0 Å². The molecule has 0 radical (unpaired) electrons. The highest BCUT2D eigenvalue weighted by Crippen LogP contribution is 2.09. The molecule has 7 heteroatoms. The first kappa shape index (κ1) is 9.85. The van der Waals surface area contributed by atoms with Crippen LogP contribution < -0.4 is 0 Å². The first-order chi connectivity index (χ1) is 7.13. The molecule has 0 aliphatic rings. The second-order valence-corrected chi connectivity index (χ2v) is 3.46. The summed E-state index contributed by atoms with van der Waals surface area (Å²) in [6.45, 7) is 3.79. The molecule has 0 spiro atoms. The van der Waals surface area contributed by atoms with Gasteiger partial charge in [0.1, 0.15) is 0 Å². The van der Waals surface area contributed by atoms with Crippen LogP contribution in [0.5, 0.6) is 0 Å². The van der Waals surface area contributed by atoms with Crippen molar-refractivity contribution in [2.75, 3.05) is 0 Å². The molecule has 0 aliphatic carbocycles. The molecule has 0 amide bonds. The third-order valence-corrected chi connectivity index (χ3v) is 2.35. The Morgan fingerprint density at radius 2 is 2.20 bits per heavy atom. The van der Waals surface area contributed by atoms with Gasteiger partial charge in [-0.05, 0) is 25.5 Å². The number of nitrogens with zero attached hydrogens (tertiary/aromatic N) is 5. The van der Waals surface area contributed by atoms with Gasteiger partial charge in [0, 0.05) is 0 Å². The van der Waals surface area contributed by atoms with Crippen molar-refractivity contribution < 1.29 is 5.21 Å². The smallest absolute Gasteiger partial charge is 0.218 e. The quantitative estimate of drug-likeness (QED) is 0.448. The SMILES string of the molecule is Cc1cc2nnc(/C(Cl)=N/O)n2nc1C. The summed E-state index contributed by atoms with van der Waals surface area (Å²) in [5.41, 5.74) is 2.42. The van der Waals surface area contributed by atoms with Crippen LogP contribution in [0.4, 0.5) is 0 Å². The summed E-state index contributed by atoms with van der Waals surface area (Å²) in [4.78, 5) is 0. The maximum absolute atomic E-state index is 8.54. The Kier molecular flexibility index (Phi) is 2.28. The van der Waals surface area contributed by atoms with Gasteiger partial charge in [-0.15, -0.1) is 10.2 Å². The van der Waals surface area contributed by atoms with Gasteiger partial charge in [0.2, 0.25) is 11.0 Å². The lowest BCUT2D eigenvalue weighted by molar-refractivity contribution is 0.320. The molecule has 0 saturated carbocycles. The molecule has 0 saturated heterocycles. The molecule has 0 aliphatic heterocycles. The van der Waals surface area contributed by atoms with Crippen LogP contribution in [-0.4, -0.2) is 30.2 Å². The first-order valence-electron chi connectivity index (χ1n) is 4.21. The molecular formula is C8H8ClN5O. The molecule has 0 unspecified atom stereocenters. The molecule has 2 rings (SSSR count). The Balaban J connectivity index is 2.75. The summed E-state index contributed by atoms with van der Waals surface area (Å²) in [7, 11) is 0. The monoisotopic (exact) mass is 225 g/mol. The van der Waals surface area contributed by atoms with Crippen molar-refractivity contribution >= 4 is 22.4 Å². The lowest BCUT2D eigenvalue weighted by Gasteiger charge is -2.00. The highest BCUT2D eigenvalue weighted by atomic mass is 35.5. The van der Waals surface area contributed by atoms with Gasteiger partial charge >= 0.3 is 0 Å². The second kappa shape index (κ2) is 3.47. The maximum atomic E-state index is 8.54. The Morgan fingerprint density at radius 3 is 2.87 bits per heavy atom. The molecule has 15 heavy (non-hydrogen) atoms. The third-order valence-electron chi connectivity index (χ3n) is 2.10. The Hall–Kier alpha value is -1.69. The fourth-order valence-corrected chi connectivity index (χ4v) is 1.30. The van der Waals surface area contributed by atoms with E-state index < -0.39 is 0 Å². The van der Waals surface area contributed by atoms with Gasteiger partial charge in [0.05, 0.1) is 5.69 Å². The number of halogens is 1. The van der Waals surface area contributed by atoms with Crippen molar-refractivity contribution in [3.05, 3.63) is 23.1 Å². The number of aromatic nitrogens is 4. The normalized spacial score (nSPS) is 12.3. The minimum absolute atomic E-state index is 0.141. The van der Waals surface area contributed by atoms with E-state index >= 15 is 0 Å². The first-order valence-corrected chi connectivity index (χ1v) is 4.59. The van der Waals surface area contributed by atoms with Crippen molar-refractivity contribution in [1.29, 1.82) is 0 Å². The van der Waals surface area contributed by atoms with E-state index in [9.17, 15) is 0 Å². The van der Waals surface area contributed by atoms with Crippen LogP contribution >= 0.6 is 11.6 Å². The minimum Gasteiger partial charge on any atom is -0.410 e. The fraction of sp³-hybridized carbons (Fsp3) is 0.250. The number of fused-ring (bicyclic) bond motifs is 1. The summed E-state index contributed by atoms with van der Waals surface area (Å²) in [5, 5.41) is 23.1. The van der Waals surface area contributed by atoms with Crippen molar-refractivity contribution in [1.82, 2.24) is 19.8 Å². The molecule has 2 aromatic heterocycles. The summed E-state index contributed by atoms with van der Waals surface area (Å²) in [6, 6.07) is 1.83. The van der Waals surface area contributed by atoms with Gasteiger partial charge in [-0.3, -0.25) is 0 Å². The molecule has 6 nitrogen and oxygen atoms in total. The molecule has 0 fully saturated rings. The van der Waals surface area contributed by atoms with Crippen LogP contribution in [0.25, 0.3) is 5.65 Å². The third kappa shape index (κ3) is 1.52. The van der Waals surface area contributed by atoms with E-state index in [0.29, 0.717) is 5.65 Å². The van der Waals surface area contributed by atoms with E-state index in [1.807, 2.05) is 19.9 Å². The summed E-state index contributed by atoms with van der Waals surface area (Å²) in [6.07, 6.45) is 0. The van der Waals surface area contributed by atoms with Gasteiger partial charge < -0.3 is 5.21 Å². The minimum atomic E-state index is -0.141. The largest absolute Gasteiger partial charge is 0.410 e. The Labute approximate surface area is 90.2 Å². The molecule has 1 N–H and O–H groups in total. The standard InChI is InChI=1S/C8H8ClN5O/c1-4-3-6-10-11-8(7(9)13-15)14(6)12-5(4)2/h3,15H,1-2H3/b13-7-. The predicted molar refractivity (Wildman–Crippen MR) is 54.4 cm³/mol. The summed E-state index contributed by atoms with van der Waals surface area (Å²) >= 11 is 5.64. The number of hydrogen-bond acceptors (Lipinski definition) is 5. The van der Waals surface area contributed by atoms with E-state index in [4.69, 9.17) is 16.8 Å². The highest BCUT2D eigenvalue weighted by molar-refractivity contribution is 6.68. The zero-order valence-electron chi connectivity index (χ0n) is 8.14. The molecule has 2 heterocycles. The topological polar surface area (TPSA) is 75.7 Å². The van der Waals surface area contributed by atoms with Gasteiger partial charge in [0.15, 0.2) is 5.65 Å². The van der Waals surface area contributed by atoms with E-state index in [1.165, 1.54) is 4.52 Å². The lowest BCUT2D eigenvalue weighted by Crippen LogP contribution is -2.05.